The van der Waals surface area contributed by atoms with E-state index in [9.17, 15) is 0 Å². The predicted molar refractivity (Wildman–Crippen MR) is 56.2 cm³/mol. The molecule has 0 radical (unpaired) electrons. The highest BCUT2D eigenvalue weighted by atomic mass is 35.5. The van der Waals surface area contributed by atoms with E-state index in [1.54, 1.807) is 11.3 Å². The average molecular weight is 220 g/mol. The van der Waals surface area contributed by atoms with E-state index in [2.05, 4.69) is 11.4 Å². The van der Waals surface area contributed by atoms with E-state index in [0.29, 0.717) is 0 Å². The number of hydrogen-bond donors (Lipinski definition) is 1. The van der Waals surface area contributed by atoms with Gasteiger partial charge in [0.05, 0.1) is 8.55 Å². The Bertz CT molecular complexity index is 257. The van der Waals surface area contributed by atoms with Gasteiger partial charge in [-0.05, 0) is 25.0 Å². The van der Waals surface area contributed by atoms with E-state index in [0.717, 1.165) is 16.3 Å². The van der Waals surface area contributed by atoms with Crippen molar-refractivity contribution in [3.05, 3.63) is 16.5 Å². The molecule has 0 aliphatic heterocycles. The molecule has 1 aliphatic rings. The summed E-state index contributed by atoms with van der Waals surface area (Å²) >= 11 is 9.28. The van der Waals surface area contributed by atoms with Crippen molar-refractivity contribution < 1.29 is 0 Å². The average Bonchev–Trinajstić information content (AvgIpc) is 2.76. The first kappa shape index (κ1) is 8.88. The van der Waals surface area contributed by atoms with E-state index in [1.165, 1.54) is 17.1 Å². The Kier molecular flexibility index (Phi) is 2.96. The van der Waals surface area contributed by atoms with Crippen LogP contribution in [0.4, 0.5) is 0 Å². The van der Waals surface area contributed by atoms with Crippen LogP contribution in [0.15, 0.2) is 16.3 Å². The molecule has 0 spiro atoms. The number of halogens is 1. The van der Waals surface area contributed by atoms with Crippen molar-refractivity contribution in [2.24, 2.45) is 0 Å². The molecule has 12 heavy (non-hydrogen) atoms. The van der Waals surface area contributed by atoms with Crippen LogP contribution in [0.1, 0.15) is 12.8 Å². The molecule has 0 atom stereocenters. The lowest BCUT2D eigenvalue weighted by molar-refractivity contribution is 0.789. The van der Waals surface area contributed by atoms with Crippen LogP contribution >= 0.6 is 34.7 Å². The molecule has 0 bridgehead atoms. The fourth-order valence-electron chi connectivity index (χ4n) is 0.893. The van der Waals surface area contributed by atoms with Gasteiger partial charge in [-0.25, -0.2) is 0 Å². The van der Waals surface area contributed by atoms with Crippen LogP contribution in [0.25, 0.3) is 0 Å². The molecule has 1 aliphatic carbocycles. The van der Waals surface area contributed by atoms with Gasteiger partial charge in [0.2, 0.25) is 0 Å². The van der Waals surface area contributed by atoms with Gasteiger partial charge in [-0.3, -0.25) is 0 Å². The largest absolute Gasteiger partial charge is 0.305 e. The van der Waals surface area contributed by atoms with Crippen molar-refractivity contribution in [2.75, 3.05) is 5.88 Å². The van der Waals surface area contributed by atoms with Gasteiger partial charge in [-0.15, -0.1) is 11.3 Å². The number of thioether (sulfide) groups is 1. The molecule has 1 heterocycles. The Labute approximate surface area is 85.5 Å². The van der Waals surface area contributed by atoms with Gasteiger partial charge in [0.1, 0.15) is 0 Å². The Morgan fingerprint density at radius 1 is 1.58 bits per heavy atom. The summed E-state index contributed by atoms with van der Waals surface area (Å²) in [7, 11) is 0. The van der Waals surface area contributed by atoms with E-state index in [4.69, 9.17) is 11.6 Å². The van der Waals surface area contributed by atoms with Crippen molar-refractivity contribution in [1.29, 1.82) is 0 Å². The number of nitrogens with one attached hydrogen (secondary N) is 1. The van der Waals surface area contributed by atoms with Crippen LogP contribution in [0, 0.1) is 0 Å². The molecule has 0 saturated heterocycles. The second-order valence-electron chi connectivity index (χ2n) is 2.83. The van der Waals surface area contributed by atoms with Gasteiger partial charge in [-0.1, -0.05) is 23.4 Å². The first-order chi connectivity index (χ1) is 5.84. The highest BCUT2D eigenvalue weighted by Gasteiger charge is 2.19. The summed E-state index contributed by atoms with van der Waals surface area (Å²) in [5, 5.41) is 3.44. The van der Waals surface area contributed by atoms with Crippen LogP contribution in [0.3, 0.4) is 0 Å². The van der Waals surface area contributed by atoms with Crippen molar-refractivity contribution in [2.45, 2.75) is 23.1 Å². The zero-order valence-electron chi connectivity index (χ0n) is 6.55. The summed E-state index contributed by atoms with van der Waals surface area (Å²) in [6.45, 7) is 0. The Hall–Kier alpha value is 0.300. The summed E-state index contributed by atoms with van der Waals surface area (Å²) in [5.74, 6) is 1.02. The minimum absolute atomic E-state index is 0.799. The highest BCUT2D eigenvalue weighted by molar-refractivity contribution is 8.01. The van der Waals surface area contributed by atoms with Gasteiger partial charge in [0.15, 0.2) is 0 Å². The molecule has 0 aromatic carbocycles. The van der Waals surface area contributed by atoms with E-state index in [1.807, 2.05) is 17.8 Å². The zero-order chi connectivity index (χ0) is 8.39. The highest BCUT2D eigenvalue weighted by Crippen LogP contribution is 2.30. The number of rotatable bonds is 4. The van der Waals surface area contributed by atoms with Gasteiger partial charge < -0.3 is 5.32 Å². The second kappa shape index (κ2) is 4.01. The Balaban J connectivity index is 1.71. The SMILES string of the molecule is Clc1ccc(SCNC2CC2)s1. The molecule has 1 fully saturated rings. The molecular formula is C8H10ClNS2. The lowest BCUT2D eigenvalue weighted by atomic mass is 10.7. The summed E-state index contributed by atoms with van der Waals surface area (Å²) in [5.41, 5.74) is 0. The van der Waals surface area contributed by atoms with Gasteiger partial charge in [0, 0.05) is 11.9 Å². The van der Waals surface area contributed by atoms with Crippen LogP contribution in [0.2, 0.25) is 4.34 Å². The summed E-state index contributed by atoms with van der Waals surface area (Å²) in [4.78, 5) is 0. The molecule has 66 valence electrons. The standard InChI is InChI=1S/C8H10ClNS2/c9-7-3-4-8(12-7)11-5-10-6-1-2-6/h3-4,6,10H,1-2,5H2. The fraction of sp³-hybridized carbons (Fsp3) is 0.500. The smallest absolute Gasteiger partial charge is 0.0940 e. The first-order valence-electron chi connectivity index (χ1n) is 3.96. The van der Waals surface area contributed by atoms with Crippen LogP contribution < -0.4 is 5.32 Å². The normalized spacial score (nSPS) is 16.8. The van der Waals surface area contributed by atoms with Crippen LogP contribution in [-0.4, -0.2) is 11.9 Å². The van der Waals surface area contributed by atoms with Gasteiger partial charge in [-0.2, -0.15) is 0 Å². The van der Waals surface area contributed by atoms with Crippen molar-refractivity contribution in [3.63, 3.8) is 0 Å². The quantitative estimate of drug-likeness (QED) is 0.617. The van der Waals surface area contributed by atoms with E-state index < -0.39 is 0 Å². The molecule has 2 rings (SSSR count). The van der Waals surface area contributed by atoms with Crippen molar-refractivity contribution >= 4 is 34.7 Å². The van der Waals surface area contributed by atoms with E-state index in [-0.39, 0.29) is 0 Å². The lowest BCUT2D eigenvalue weighted by Gasteiger charge is -1.98. The van der Waals surface area contributed by atoms with Gasteiger partial charge >= 0.3 is 0 Å². The minimum atomic E-state index is 0.799. The number of thiophene rings is 1. The zero-order valence-corrected chi connectivity index (χ0v) is 8.94. The maximum Gasteiger partial charge on any atom is 0.0940 e. The Morgan fingerprint density at radius 2 is 2.42 bits per heavy atom. The van der Waals surface area contributed by atoms with E-state index >= 15 is 0 Å². The summed E-state index contributed by atoms with van der Waals surface area (Å²) < 4.78 is 2.18. The predicted octanol–water partition coefficient (Wildman–Crippen LogP) is 3.20. The monoisotopic (exact) mass is 219 g/mol. The fourth-order valence-corrected chi connectivity index (χ4v) is 3.11. The van der Waals surface area contributed by atoms with Crippen molar-refractivity contribution in [1.82, 2.24) is 5.32 Å². The molecule has 1 N–H and O–H groups in total. The summed E-state index contributed by atoms with van der Waals surface area (Å²) in [6, 6.07) is 4.82. The summed E-state index contributed by atoms with van der Waals surface area (Å²) in [6.07, 6.45) is 2.71. The lowest BCUT2D eigenvalue weighted by Crippen LogP contribution is -2.14. The minimum Gasteiger partial charge on any atom is -0.305 e. The van der Waals surface area contributed by atoms with Crippen molar-refractivity contribution in [3.8, 4) is 0 Å². The molecular weight excluding hydrogens is 210 g/mol. The molecule has 1 aromatic rings. The molecule has 0 unspecified atom stereocenters. The maximum atomic E-state index is 5.80. The number of hydrogen-bond acceptors (Lipinski definition) is 3. The molecule has 4 heteroatoms. The molecule has 1 saturated carbocycles. The van der Waals surface area contributed by atoms with Crippen LogP contribution in [-0.2, 0) is 0 Å². The molecule has 1 aromatic heterocycles. The third kappa shape index (κ3) is 2.66. The third-order valence-corrected chi connectivity index (χ3v) is 4.07. The first-order valence-corrected chi connectivity index (χ1v) is 6.14. The third-order valence-electron chi connectivity index (χ3n) is 1.71. The van der Waals surface area contributed by atoms with Crippen LogP contribution in [0.5, 0.6) is 0 Å². The molecule has 1 nitrogen and oxygen atoms in total. The Morgan fingerprint density at radius 3 is 3.00 bits per heavy atom. The second-order valence-corrected chi connectivity index (χ2v) is 5.82. The maximum absolute atomic E-state index is 5.80. The molecule has 0 amide bonds. The van der Waals surface area contributed by atoms with Gasteiger partial charge in [0.25, 0.3) is 0 Å². The topological polar surface area (TPSA) is 12.0 Å².